The molecule has 0 aliphatic rings. The fourth-order valence-electron chi connectivity index (χ4n) is 2.78. The number of nitrogen functional groups attached to an aromatic ring is 1. The van der Waals surface area contributed by atoms with E-state index in [0.29, 0.717) is 39.7 Å². The Balaban J connectivity index is 1.62. The van der Waals surface area contributed by atoms with Gasteiger partial charge in [-0.25, -0.2) is 19.3 Å². The molecule has 0 radical (unpaired) electrons. The summed E-state index contributed by atoms with van der Waals surface area (Å²) >= 11 is 0. The lowest BCUT2D eigenvalue weighted by Crippen LogP contribution is -1.98. The van der Waals surface area contributed by atoms with Crippen LogP contribution in [0.3, 0.4) is 0 Å². The van der Waals surface area contributed by atoms with E-state index in [1.165, 1.54) is 6.07 Å². The zero-order valence-electron chi connectivity index (χ0n) is 13.7. The number of anilines is 1. The molecule has 0 saturated carbocycles. The van der Waals surface area contributed by atoms with Gasteiger partial charge in [0.25, 0.3) is 0 Å². The molecule has 5 heterocycles. The summed E-state index contributed by atoms with van der Waals surface area (Å²) in [6.07, 6.45) is 2.66. The van der Waals surface area contributed by atoms with Crippen LogP contribution >= 0.6 is 0 Å². The maximum atomic E-state index is 13.6. The van der Waals surface area contributed by atoms with Crippen LogP contribution in [0.15, 0.2) is 57.7 Å². The Bertz CT molecular complexity index is 1260. The number of furan rings is 2. The summed E-state index contributed by atoms with van der Waals surface area (Å²) in [6.45, 7) is 0. The van der Waals surface area contributed by atoms with Crippen molar-refractivity contribution in [2.24, 2.45) is 0 Å². The largest absolute Gasteiger partial charge is 0.461 e. The van der Waals surface area contributed by atoms with E-state index in [1.807, 2.05) is 0 Å². The first kappa shape index (κ1) is 15.3. The molecule has 5 aromatic heterocycles. The Labute approximate surface area is 150 Å². The smallest absolute Gasteiger partial charge is 0.181 e. The van der Waals surface area contributed by atoms with Gasteiger partial charge in [0.2, 0.25) is 0 Å². The van der Waals surface area contributed by atoms with Crippen LogP contribution in [0.25, 0.3) is 45.5 Å². The highest BCUT2D eigenvalue weighted by Crippen LogP contribution is 2.30. The van der Waals surface area contributed by atoms with E-state index in [4.69, 9.17) is 14.6 Å². The molecule has 0 aliphatic heterocycles. The fourth-order valence-corrected chi connectivity index (χ4v) is 2.78. The van der Waals surface area contributed by atoms with Crippen LogP contribution in [0.5, 0.6) is 0 Å². The van der Waals surface area contributed by atoms with Gasteiger partial charge >= 0.3 is 0 Å². The van der Waals surface area contributed by atoms with Gasteiger partial charge in [-0.05, 0) is 30.3 Å². The van der Waals surface area contributed by atoms with E-state index < -0.39 is 5.82 Å². The minimum absolute atomic E-state index is 0.234. The molecule has 0 fully saturated rings. The normalized spacial score (nSPS) is 11.3. The molecule has 0 bridgehead atoms. The number of aromatic nitrogens is 5. The van der Waals surface area contributed by atoms with Crippen LogP contribution < -0.4 is 5.73 Å². The van der Waals surface area contributed by atoms with Crippen molar-refractivity contribution in [1.82, 2.24) is 25.1 Å². The molecule has 132 valence electrons. The van der Waals surface area contributed by atoms with Gasteiger partial charge in [0.05, 0.1) is 17.8 Å². The van der Waals surface area contributed by atoms with Crippen molar-refractivity contribution in [3.8, 4) is 34.5 Å². The van der Waals surface area contributed by atoms with Crippen molar-refractivity contribution in [3.63, 3.8) is 0 Å². The molecule has 0 amide bonds. The van der Waals surface area contributed by atoms with Gasteiger partial charge in [-0.3, -0.25) is 5.10 Å². The van der Waals surface area contributed by atoms with Crippen molar-refractivity contribution in [3.05, 3.63) is 54.7 Å². The molecule has 9 heteroatoms. The summed E-state index contributed by atoms with van der Waals surface area (Å²) in [5.74, 6) is 1.67. The van der Waals surface area contributed by atoms with Crippen molar-refractivity contribution in [2.45, 2.75) is 0 Å². The Morgan fingerprint density at radius 2 is 1.93 bits per heavy atom. The lowest BCUT2D eigenvalue weighted by molar-refractivity contribution is 0.530. The summed E-state index contributed by atoms with van der Waals surface area (Å²) in [6, 6.07) is 10.0. The maximum Gasteiger partial charge on any atom is 0.181 e. The standard InChI is InChI=1S/C18H11FN6O2/c19-9-6-10-16(24-25-17(10)21-8-9)18-22-11(7-15(20)23-18)12-3-4-14(27-12)13-2-1-5-26-13/h1-8H,(H2,20,22,23)(H,21,24,25). The molecule has 3 N–H and O–H groups in total. The molecule has 5 aromatic rings. The molecule has 27 heavy (non-hydrogen) atoms. The molecule has 0 aliphatic carbocycles. The summed E-state index contributed by atoms with van der Waals surface area (Å²) in [4.78, 5) is 12.6. The number of nitrogens with zero attached hydrogens (tertiary/aromatic N) is 4. The van der Waals surface area contributed by atoms with Gasteiger partial charge in [-0.1, -0.05) is 0 Å². The zero-order chi connectivity index (χ0) is 18.4. The number of H-pyrrole nitrogens is 1. The Kier molecular flexibility index (Phi) is 3.26. The van der Waals surface area contributed by atoms with Gasteiger partial charge in [0.1, 0.15) is 23.0 Å². The SMILES string of the molecule is Nc1cc(-c2ccc(-c3ccco3)o2)nc(-c2[nH]nc3ncc(F)cc23)n1. The van der Waals surface area contributed by atoms with Crippen molar-refractivity contribution >= 4 is 16.9 Å². The molecule has 0 aromatic carbocycles. The number of halogens is 1. The summed E-state index contributed by atoms with van der Waals surface area (Å²) in [7, 11) is 0. The minimum atomic E-state index is -0.483. The topological polar surface area (TPSA) is 120 Å². The lowest BCUT2D eigenvalue weighted by Gasteiger charge is -2.03. The average molecular weight is 362 g/mol. The van der Waals surface area contributed by atoms with Crippen LogP contribution in [0, 0.1) is 5.82 Å². The van der Waals surface area contributed by atoms with E-state index in [1.54, 1.807) is 36.6 Å². The second kappa shape index (κ2) is 5.77. The second-order valence-electron chi connectivity index (χ2n) is 5.77. The third kappa shape index (κ3) is 2.61. The van der Waals surface area contributed by atoms with Gasteiger partial charge in [-0.15, -0.1) is 0 Å². The molecule has 0 spiro atoms. The summed E-state index contributed by atoms with van der Waals surface area (Å²) in [5.41, 5.74) is 7.20. The number of aromatic amines is 1. The monoisotopic (exact) mass is 362 g/mol. The van der Waals surface area contributed by atoms with Crippen molar-refractivity contribution in [1.29, 1.82) is 0 Å². The Morgan fingerprint density at radius 1 is 1.04 bits per heavy atom. The maximum absolute atomic E-state index is 13.6. The number of rotatable bonds is 3. The van der Waals surface area contributed by atoms with Crippen LogP contribution in [0.2, 0.25) is 0 Å². The van der Waals surface area contributed by atoms with Gasteiger partial charge in [0.15, 0.2) is 28.8 Å². The molecule has 5 rings (SSSR count). The summed E-state index contributed by atoms with van der Waals surface area (Å²) in [5, 5.41) is 7.29. The number of hydrogen-bond acceptors (Lipinski definition) is 7. The highest BCUT2D eigenvalue weighted by Gasteiger charge is 2.16. The Hall–Kier alpha value is -4.01. The first-order chi connectivity index (χ1) is 13.2. The van der Waals surface area contributed by atoms with E-state index >= 15 is 0 Å². The molecule has 0 saturated heterocycles. The van der Waals surface area contributed by atoms with Gasteiger partial charge in [0, 0.05) is 6.07 Å². The van der Waals surface area contributed by atoms with Crippen LogP contribution in [0.4, 0.5) is 10.2 Å². The number of nitrogens with two attached hydrogens (primary N) is 1. The van der Waals surface area contributed by atoms with E-state index in [2.05, 4.69) is 25.1 Å². The number of fused-ring (bicyclic) bond motifs is 1. The van der Waals surface area contributed by atoms with Gasteiger partial charge in [-0.2, -0.15) is 5.10 Å². The van der Waals surface area contributed by atoms with E-state index in [0.717, 1.165) is 6.20 Å². The third-order valence-corrected chi connectivity index (χ3v) is 3.97. The fraction of sp³-hybridized carbons (Fsp3) is 0. The minimum Gasteiger partial charge on any atom is -0.461 e. The first-order valence-electron chi connectivity index (χ1n) is 7.96. The van der Waals surface area contributed by atoms with Crippen molar-refractivity contribution in [2.75, 3.05) is 5.73 Å². The number of pyridine rings is 1. The molecule has 0 unspecified atom stereocenters. The quantitative estimate of drug-likeness (QED) is 0.502. The van der Waals surface area contributed by atoms with E-state index in [9.17, 15) is 4.39 Å². The highest BCUT2D eigenvalue weighted by molar-refractivity contribution is 5.89. The van der Waals surface area contributed by atoms with Crippen LogP contribution in [-0.4, -0.2) is 25.1 Å². The van der Waals surface area contributed by atoms with E-state index in [-0.39, 0.29) is 11.6 Å². The third-order valence-electron chi connectivity index (χ3n) is 3.97. The van der Waals surface area contributed by atoms with Crippen LogP contribution in [-0.2, 0) is 0 Å². The molecule has 8 nitrogen and oxygen atoms in total. The molecular formula is C18H11FN6O2. The van der Waals surface area contributed by atoms with Crippen LogP contribution in [0.1, 0.15) is 0 Å². The van der Waals surface area contributed by atoms with Gasteiger partial charge < -0.3 is 14.6 Å². The molecule has 0 atom stereocenters. The second-order valence-corrected chi connectivity index (χ2v) is 5.77. The van der Waals surface area contributed by atoms with Crippen molar-refractivity contribution < 1.29 is 13.2 Å². The Morgan fingerprint density at radius 3 is 2.78 bits per heavy atom. The number of hydrogen-bond donors (Lipinski definition) is 2. The first-order valence-corrected chi connectivity index (χ1v) is 7.96. The lowest BCUT2D eigenvalue weighted by atomic mass is 10.2. The zero-order valence-corrected chi connectivity index (χ0v) is 13.7. The summed E-state index contributed by atoms with van der Waals surface area (Å²) < 4.78 is 24.7. The highest BCUT2D eigenvalue weighted by atomic mass is 19.1. The predicted octanol–water partition coefficient (Wildman–Crippen LogP) is 3.66. The average Bonchev–Trinajstić information content (AvgIpc) is 3.40. The predicted molar refractivity (Wildman–Crippen MR) is 94.7 cm³/mol. The molecular weight excluding hydrogens is 351 g/mol. The number of nitrogens with one attached hydrogen (secondary N) is 1.